The van der Waals surface area contributed by atoms with Gasteiger partial charge in [0.2, 0.25) is 5.91 Å². The van der Waals surface area contributed by atoms with E-state index in [2.05, 4.69) is 22.3 Å². The summed E-state index contributed by atoms with van der Waals surface area (Å²) in [5.74, 6) is -0.784. The first kappa shape index (κ1) is 13.5. The van der Waals surface area contributed by atoms with Gasteiger partial charge in [0.1, 0.15) is 24.7 Å². The smallest absolute Gasteiger partial charge is 0.329 e. The number of carbonyl (C=O) groups is 2. The van der Waals surface area contributed by atoms with E-state index in [1.807, 2.05) is 0 Å². The van der Waals surface area contributed by atoms with E-state index < -0.39 is 11.5 Å². The lowest BCUT2D eigenvalue weighted by molar-refractivity contribution is -0.149. The van der Waals surface area contributed by atoms with Crippen LogP contribution in [0.15, 0.2) is 12.7 Å². The van der Waals surface area contributed by atoms with Crippen LogP contribution in [0.4, 0.5) is 0 Å². The van der Waals surface area contributed by atoms with Gasteiger partial charge in [0.25, 0.3) is 0 Å². The van der Waals surface area contributed by atoms with Crippen LogP contribution in [0.2, 0.25) is 0 Å². The third-order valence-corrected chi connectivity index (χ3v) is 3.69. The molecule has 0 bridgehead atoms. The van der Waals surface area contributed by atoms with Crippen LogP contribution >= 0.6 is 0 Å². The highest BCUT2D eigenvalue weighted by molar-refractivity contribution is 5.87. The van der Waals surface area contributed by atoms with Gasteiger partial charge in [-0.1, -0.05) is 6.92 Å². The summed E-state index contributed by atoms with van der Waals surface area (Å²) < 4.78 is 1.37. The van der Waals surface area contributed by atoms with Crippen molar-refractivity contribution >= 4 is 11.9 Å². The molecular formula is C12H18N4O3. The van der Waals surface area contributed by atoms with Crippen LogP contribution in [0.3, 0.4) is 0 Å². The lowest BCUT2D eigenvalue weighted by Gasteiger charge is -2.36. The van der Waals surface area contributed by atoms with Crippen LogP contribution in [0.25, 0.3) is 0 Å². The Kier molecular flexibility index (Phi) is 3.82. The molecule has 7 heteroatoms. The number of hydrogen-bond acceptors (Lipinski definition) is 4. The highest BCUT2D eigenvalue weighted by atomic mass is 16.4. The number of aliphatic carboxylic acids is 1. The minimum absolute atomic E-state index is 0.00934. The van der Waals surface area contributed by atoms with E-state index in [0.717, 1.165) is 12.8 Å². The molecule has 0 unspecified atom stereocenters. The van der Waals surface area contributed by atoms with E-state index >= 15 is 0 Å². The van der Waals surface area contributed by atoms with E-state index in [1.165, 1.54) is 17.3 Å². The molecule has 19 heavy (non-hydrogen) atoms. The minimum Gasteiger partial charge on any atom is -0.480 e. The Morgan fingerprint density at radius 3 is 2.68 bits per heavy atom. The van der Waals surface area contributed by atoms with Gasteiger partial charge in [-0.15, -0.1) is 0 Å². The number of rotatable bonds is 4. The average molecular weight is 266 g/mol. The van der Waals surface area contributed by atoms with Gasteiger partial charge in [0.15, 0.2) is 0 Å². The maximum Gasteiger partial charge on any atom is 0.329 e. The Morgan fingerprint density at radius 2 is 2.16 bits per heavy atom. The standard InChI is InChI=1S/C12H18N4O3/c1-9-2-4-12(5-3-9,11(18)19)15-10(17)6-16-8-13-7-14-16/h7-9H,2-6H2,1H3,(H,15,17)(H,18,19). The summed E-state index contributed by atoms with van der Waals surface area (Å²) in [6, 6.07) is 0. The van der Waals surface area contributed by atoms with Crippen LogP contribution in [0.1, 0.15) is 32.6 Å². The van der Waals surface area contributed by atoms with Crippen LogP contribution in [-0.4, -0.2) is 37.3 Å². The van der Waals surface area contributed by atoms with Crippen molar-refractivity contribution in [3.63, 3.8) is 0 Å². The molecule has 0 saturated heterocycles. The number of carbonyl (C=O) groups excluding carboxylic acids is 1. The molecule has 2 N–H and O–H groups in total. The second-order valence-corrected chi connectivity index (χ2v) is 5.21. The van der Waals surface area contributed by atoms with Gasteiger partial charge in [0.05, 0.1) is 0 Å². The van der Waals surface area contributed by atoms with Crippen molar-refractivity contribution in [2.75, 3.05) is 0 Å². The molecule has 0 radical (unpaired) electrons. The molecule has 104 valence electrons. The Labute approximate surface area is 111 Å². The lowest BCUT2D eigenvalue weighted by Crippen LogP contribution is -2.56. The number of nitrogens with one attached hydrogen (secondary N) is 1. The molecule has 0 atom stereocenters. The molecule has 1 heterocycles. The molecule has 7 nitrogen and oxygen atoms in total. The van der Waals surface area contributed by atoms with Crippen molar-refractivity contribution < 1.29 is 14.7 Å². The lowest BCUT2D eigenvalue weighted by atomic mass is 9.77. The number of amides is 1. The quantitative estimate of drug-likeness (QED) is 0.823. The molecule has 0 aliphatic heterocycles. The molecular weight excluding hydrogens is 248 g/mol. The fourth-order valence-corrected chi connectivity index (χ4v) is 2.42. The third kappa shape index (κ3) is 3.10. The van der Waals surface area contributed by atoms with E-state index in [4.69, 9.17) is 0 Å². The molecule has 1 aliphatic rings. The Hall–Kier alpha value is -1.92. The zero-order valence-corrected chi connectivity index (χ0v) is 10.9. The Bertz CT molecular complexity index is 450. The van der Waals surface area contributed by atoms with E-state index in [1.54, 1.807) is 0 Å². The van der Waals surface area contributed by atoms with Gasteiger partial charge in [-0.05, 0) is 31.6 Å². The number of carboxylic acid groups (broad SMARTS) is 1. The van der Waals surface area contributed by atoms with Gasteiger partial charge in [-0.25, -0.2) is 14.5 Å². The van der Waals surface area contributed by atoms with Crippen LogP contribution in [-0.2, 0) is 16.1 Å². The second kappa shape index (κ2) is 5.38. The first-order valence-electron chi connectivity index (χ1n) is 6.39. The number of hydrogen-bond donors (Lipinski definition) is 2. The number of nitrogens with zero attached hydrogens (tertiary/aromatic N) is 3. The van der Waals surface area contributed by atoms with Gasteiger partial charge in [0, 0.05) is 0 Å². The predicted octanol–water partition coefficient (Wildman–Crippen LogP) is 0.428. The van der Waals surface area contributed by atoms with Crippen LogP contribution in [0, 0.1) is 5.92 Å². The summed E-state index contributed by atoms with van der Waals surface area (Å²) in [6.45, 7) is 2.09. The largest absolute Gasteiger partial charge is 0.480 e. The predicted molar refractivity (Wildman–Crippen MR) is 66.2 cm³/mol. The van der Waals surface area contributed by atoms with Gasteiger partial charge in [-0.3, -0.25) is 4.79 Å². The van der Waals surface area contributed by atoms with E-state index in [9.17, 15) is 14.7 Å². The van der Waals surface area contributed by atoms with E-state index in [-0.39, 0.29) is 12.5 Å². The maximum atomic E-state index is 11.9. The summed E-state index contributed by atoms with van der Waals surface area (Å²) in [5, 5.41) is 15.9. The fraction of sp³-hybridized carbons (Fsp3) is 0.667. The number of carboxylic acids is 1. The first-order chi connectivity index (χ1) is 9.02. The molecule has 1 aromatic heterocycles. The molecule has 0 spiro atoms. The monoisotopic (exact) mass is 266 g/mol. The van der Waals surface area contributed by atoms with Crippen molar-refractivity contribution in [2.24, 2.45) is 5.92 Å². The van der Waals surface area contributed by atoms with Crippen molar-refractivity contribution in [1.29, 1.82) is 0 Å². The molecule has 0 aromatic carbocycles. The molecule has 1 saturated carbocycles. The molecule has 1 fully saturated rings. The summed E-state index contributed by atoms with van der Waals surface area (Å²) in [5.41, 5.74) is -1.12. The normalized spacial score (nSPS) is 26.9. The molecule has 2 rings (SSSR count). The highest BCUT2D eigenvalue weighted by Gasteiger charge is 2.42. The minimum atomic E-state index is -1.12. The highest BCUT2D eigenvalue weighted by Crippen LogP contribution is 2.32. The molecule has 1 aliphatic carbocycles. The number of aromatic nitrogens is 3. The summed E-state index contributed by atoms with van der Waals surface area (Å²) in [6.07, 6.45) is 5.35. The maximum absolute atomic E-state index is 11.9. The van der Waals surface area contributed by atoms with E-state index in [0.29, 0.717) is 18.8 Å². The average Bonchev–Trinajstić information content (AvgIpc) is 2.84. The summed E-state index contributed by atoms with van der Waals surface area (Å²) >= 11 is 0. The SMILES string of the molecule is CC1CCC(NC(=O)Cn2cncn2)(C(=O)O)CC1. The summed E-state index contributed by atoms with van der Waals surface area (Å²) in [7, 11) is 0. The fourth-order valence-electron chi connectivity index (χ4n) is 2.42. The van der Waals surface area contributed by atoms with Crippen LogP contribution < -0.4 is 5.32 Å². The van der Waals surface area contributed by atoms with Crippen molar-refractivity contribution in [3.8, 4) is 0 Å². The van der Waals surface area contributed by atoms with Gasteiger partial charge >= 0.3 is 5.97 Å². The summed E-state index contributed by atoms with van der Waals surface area (Å²) in [4.78, 5) is 27.1. The zero-order valence-electron chi connectivity index (χ0n) is 10.9. The van der Waals surface area contributed by atoms with Gasteiger partial charge < -0.3 is 10.4 Å². The van der Waals surface area contributed by atoms with Crippen molar-refractivity contribution in [2.45, 2.75) is 44.7 Å². The third-order valence-electron chi connectivity index (χ3n) is 3.69. The van der Waals surface area contributed by atoms with Crippen molar-refractivity contribution in [1.82, 2.24) is 20.1 Å². The molecule has 1 aromatic rings. The van der Waals surface area contributed by atoms with Crippen LogP contribution in [0.5, 0.6) is 0 Å². The topological polar surface area (TPSA) is 97.1 Å². The zero-order chi connectivity index (χ0) is 13.9. The van der Waals surface area contributed by atoms with Crippen molar-refractivity contribution in [3.05, 3.63) is 12.7 Å². The second-order valence-electron chi connectivity index (χ2n) is 5.21. The first-order valence-corrected chi connectivity index (χ1v) is 6.39. The molecule has 1 amide bonds. The Morgan fingerprint density at radius 1 is 1.47 bits per heavy atom. The van der Waals surface area contributed by atoms with Gasteiger partial charge in [-0.2, -0.15) is 5.10 Å². The Balaban J connectivity index is 2.01.